The van der Waals surface area contributed by atoms with E-state index in [2.05, 4.69) is 15.8 Å². The first-order valence-electron chi connectivity index (χ1n) is 8.31. The second-order valence-electron chi connectivity index (χ2n) is 6.18. The van der Waals surface area contributed by atoms with E-state index in [1.54, 1.807) is 7.05 Å². The number of carbonyl (C=O) groups excluding carboxylic acids is 1. The molecule has 0 spiro atoms. The maximum atomic E-state index is 12.7. The number of nitrogens with zero attached hydrogens (tertiary/aromatic N) is 2. The quantitative estimate of drug-likeness (QED) is 0.795. The van der Waals surface area contributed by atoms with Gasteiger partial charge in [-0.05, 0) is 24.6 Å². The lowest BCUT2D eigenvalue weighted by atomic mass is 10.2. The van der Waals surface area contributed by atoms with Crippen LogP contribution in [-0.4, -0.2) is 42.0 Å². The number of rotatable bonds is 6. The molecule has 1 saturated heterocycles. The summed E-state index contributed by atoms with van der Waals surface area (Å²) in [5.41, 5.74) is 5.37. The van der Waals surface area contributed by atoms with Crippen LogP contribution in [0.4, 0.5) is 13.2 Å². The average Bonchev–Trinajstić information content (AvgIpc) is 3.30. The molecule has 1 amide bonds. The highest BCUT2D eigenvalue weighted by atomic mass is 19.4. The summed E-state index contributed by atoms with van der Waals surface area (Å²) in [7, 11) is 1.66. The standard InChI is InChI=1S/C17H19F3N4O3/c1-24(8-12-5-6-21-23-12)16(25)14-9-27-15(22-14)10-26-13-4-2-3-11(7-13)17(18,19)20/h2-4,7,9,12,21,23H,5-6,8,10H2,1H3. The van der Waals surface area contributed by atoms with Crippen molar-refractivity contribution in [2.24, 2.45) is 0 Å². The van der Waals surface area contributed by atoms with Crippen molar-refractivity contribution in [3.05, 3.63) is 47.7 Å². The lowest BCUT2D eigenvalue weighted by molar-refractivity contribution is -0.137. The monoisotopic (exact) mass is 384 g/mol. The maximum Gasteiger partial charge on any atom is 0.416 e. The first-order chi connectivity index (χ1) is 12.8. The van der Waals surface area contributed by atoms with E-state index in [1.165, 1.54) is 23.3 Å². The number of amides is 1. The number of hydrogen-bond donors (Lipinski definition) is 2. The summed E-state index contributed by atoms with van der Waals surface area (Å²) in [6.45, 7) is 1.16. The maximum absolute atomic E-state index is 12.7. The van der Waals surface area contributed by atoms with Crippen LogP contribution >= 0.6 is 0 Å². The predicted octanol–water partition coefficient (Wildman–Crippen LogP) is 2.21. The van der Waals surface area contributed by atoms with Crippen molar-refractivity contribution < 1.29 is 27.1 Å². The largest absolute Gasteiger partial charge is 0.484 e. The fraction of sp³-hybridized carbons (Fsp3) is 0.412. The Morgan fingerprint density at radius 3 is 2.96 bits per heavy atom. The molecule has 1 aliphatic rings. The number of carbonyl (C=O) groups is 1. The van der Waals surface area contributed by atoms with Crippen molar-refractivity contribution in [2.45, 2.75) is 25.2 Å². The third-order valence-corrected chi connectivity index (χ3v) is 4.06. The average molecular weight is 384 g/mol. The molecule has 2 heterocycles. The number of ether oxygens (including phenoxy) is 1. The van der Waals surface area contributed by atoms with Crippen molar-refractivity contribution >= 4 is 5.91 Å². The minimum Gasteiger partial charge on any atom is -0.484 e. The van der Waals surface area contributed by atoms with Gasteiger partial charge in [0.15, 0.2) is 12.3 Å². The summed E-state index contributed by atoms with van der Waals surface area (Å²) < 4.78 is 48.6. The molecule has 1 aromatic heterocycles. The highest BCUT2D eigenvalue weighted by Gasteiger charge is 2.30. The number of nitrogens with one attached hydrogen (secondary N) is 2. The number of halogens is 3. The Bertz CT molecular complexity index is 788. The van der Waals surface area contributed by atoms with Gasteiger partial charge in [0.2, 0.25) is 5.89 Å². The van der Waals surface area contributed by atoms with Gasteiger partial charge in [-0.15, -0.1) is 0 Å². The molecule has 146 valence electrons. The van der Waals surface area contributed by atoms with E-state index < -0.39 is 11.7 Å². The minimum absolute atomic E-state index is 0.0350. The first kappa shape index (κ1) is 19.2. The van der Waals surface area contributed by atoms with Gasteiger partial charge in [-0.25, -0.2) is 4.98 Å². The summed E-state index contributed by atoms with van der Waals surface area (Å²) in [4.78, 5) is 17.9. The van der Waals surface area contributed by atoms with Gasteiger partial charge in [-0.2, -0.15) is 13.2 Å². The van der Waals surface area contributed by atoms with Crippen LogP contribution in [0.25, 0.3) is 0 Å². The molecule has 0 aliphatic carbocycles. The number of hydrazine groups is 1. The number of likely N-dealkylation sites (N-methyl/N-ethyl adjacent to an activating group) is 1. The molecule has 2 aromatic rings. The predicted molar refractivity (Wildman–Crippen MR) is 88.8 cm³/mol. The molecule has 3 rings (SSSR count). The van der Waals surface area contributed by atoms with Crippen molar-refractivity contribution in [1.82, 2.24) is 20.7 Å². The highest BCUT2D eigenvalue weighted by Crippen LogP contribution is 2.31. The minimum atomic E-state index is -4.45. The number of benzene rings is 1. The summed E-state index contributed by atoms with van der Waals surface area (Å²) in [6.07, 6.45) is -2.33. The Kier molecular flexibility index (Phi) is 5.66. The van der Waals surface area contributed by atoms with E-state index in [0.29, 0.717) is 6.54 Å². The van der Waals surface area contributed by atoms with Crippen molar-refractivity contribution in [3.63, 3.8) is 0 Å². The van der Waals surface area contributed by atoms with Crippen LogP contribution in [0.1, 0.15) is 28.4 Å². The molecule has 1 aromatic carbocycles. The normalized spacial score (nSPS) is 17.1. The number of alkyl halides is 3. The van der Waals surface area contributed by atoms with Gasteiger partial charge in [0, 0.05) is 26.2 Å². The lowest BCUT2D eigenvalue weighted by Gasteiger charge is -2.19. The van der Waals surface area contributed by atoms with Crippen LogP contribution in [0, 0.1) is 0 Å². The lowest BCUT2D eigenvalue weighted by Crippen LogP contribution is -2.41. The fourth-order valence-corrected chi connectivity index (χ4v) is 2.66. The Morgan fingerprint density at radius 2 is 2.26 bits per heavy atom. The molecule has 2 N–H and O–H groups in total. The molecular weight excluding hydrogens is 365 g/mol. The van der Waals surface area contributed by atoms with Gasteiger partial charge in [0.1, 0.15) is 12.0 Å². The molecule has 1 unspecified atom stereocenters. The van der Waals surface area contributed by atoms with Crippen LogP contribution in [-0.2, 0) is 12.8 Å². The van der Waals surface area contributed by atoms with Crippen LogP contribution in [0.3, 0.4) is 0 Å². The van der Waals surface area contributed by atoms with Crippen LogP contribution in [0.5, 0.6) is 5.75 Å². The Labute approximate surface area is 153 Å². The van der Waals surface area contributed by atoms with Gasteiger partial charge in [0.25, 0.3) is 5.91 Å². The highest BCUT2D eigenvalue weighted by molar-refractivity contribution is 5.91. The van der Waals surface area contributed by atoms with Crippen molar-refractivity contribution in [2.75, 3.05) is 20.1 Å². The summed E-state index contributed by atoms with van der Waals surface area (Å²) in [5, 5.41) is 0. The number of oxazole rings is 1. The zero-order valence-electron chi connectivity index (χ0n) is 14.5. The molecular formula is C17H19F3N4O3. The van der Waals surface area contributed by atoms with Crippen LogP contribution < -0.4 is 15.6 Å². The molecule has 0 radical (unpaired) electrons. The van der Waals surface area contributed by atoms with E-state index >= 15 is 0 Å². The summed E-state index contributed by atoms with van der Waals surface area (Å²) in [5.74, 6) is -0.171. The van der Waals surface area contributed by atoms with Gasteiger partial charge in [-0.1, -0.05) is 6.07 Å². The van der Waals surface area contributed by atoms with Crippen molar-refractivity contribution in [1.29, 1.82) is 0 Å². The zero-order chi connectivity index (χ0) is 19.4. The first-order valence-corrected chi connectivity index (χ1v) is 8.31. The van der Waals surface area contributed by atoms with E-state index in [4.69, 9.17) is 9.15 Å². The summed E-state index contributed by atoms with van der Waals surface area (Å²) in [6, 6.07) is 4.67. The van der Waals surface area contributed by atoms with Gasteiger partial charge >= 0.3 is 6.18 Å². The van der Waals surface area contributed by atoms with E-state index in [1.807, 2.05) is 0 Å². The van der Waals surface area contributed by atoms with Crippen LogP contribution in [0.15, 0.2) is 34.9 Å². The molecule has 0 saturated carbocycles. The Morgan fingerprint density at radius 1 is 1.44 bits per heavy atom. The smallest absolute Gasteiger partial charge is 0.416 e. The van der Waals surface area contributed by atoms with Gasteiger partial charge in [-0.3, -0.25) is 15.6 Å². The van der Waals surface area contributed by atoms with E-state index in [0.717, 1.165) is 25.1 Å². The Balaban J connectivity index is 1.57. The topological polar surface area (TPSA) is 79.6 Å². The van der Waals surface area contributed by atoms with Gasteiger partial charge < -0.3 is 14.1 Å². The molecule has 1 fully saturated rings. The number of aromatic nitrogens is 1. The number of hydrogen-bond acceptors (Lipinski definition) is 6. The van der Waals surface area contributed by atoms with Crippen LogP contribution in [0.2, 0.25) is 0 Å². The zero-order valence-corrected chi connectivity index (χ0v) is 14.5. The second kappa shape index (κ2) is 7.97. The third kappa shape index (κ3) is 4.98. The Hall–Kier alpha value is -2.59. The fourth-order valence-electron chi connectivity index (χ4n) is 2.66. The molecule has 27 heavy (non-hydrogen) atoms. The van der Waals surface area contributed by atoms with Gasteiger partial charge in [0.05, 0.1) is 5.56 Å². The third-order valence-electron chi connectivity index (χ3n) is 4.06. The molecule has 1 atom stereocenters. The molecule has 0 bridgehead atoms. The second-order valence-corrected chi connectivity index (χ2v) is 6.18. The SMILES string of the molecule is CN(CC1CCNN1)C(=O)c1coc(COc2cccc(C(F)(F)F)c2)n1. The molecule has 1 aliphatic heterocycles. The van der Waals surface area contributed by atoms with E-state index in [9.17, 15) is 18.0 Å². The molecule has 7 nitrogen and oxygen atoms in total. The van der Waals surface area contributed by atoms with Crippen molar-refractivity contribution in [3.8, 4) is 5.75 Å². The van der Waals surface area contributed by atoms with E-state index in [-0.39, 0.29) is 35.9 Å². The summed E-state index contributed by atoms with van der Waals surface area (Å²) >= 11 is 0. The molecule has 10 heteroatoms.